The van der Waals surface area contributed by atoms with Crippen molar-refractivity contribution >= 4 is 36.0 Å². The monoisotopic (exact) mass is 477 g/mol. The number of nitrogens with zero attached hydrogens (tertiary/aromatic N) is 4. The summed E-state index contributed by atoms with van der Waals surface area (Å²) in [4.78, 5) is 26.3. The highest BCUT2D eigenvalue weighted by atomic mass is 35.5. The number of fused-ring (bicyclic) bond motifs is 1. The van der Waals surface area contributed by atoms with E-state index in [1.165, 1.54) is 10.9 Å². The molecule has 1 aliphatic heterocycles. The molecular weight excluding hydrogens is 453 g/mol. The molecule has 12 nitrogen and oxygen atoms in total. The minimum atomic E-state index is -4.36. The van der Waals surface area contributed by atoms with Gasteiger partial charge in [-0.2, -0.15) is 15.1 Å². The summed E-state index contributed by atoms with van der Waals surface area (Å²) in [5, 5.41) is 29.0. The fourth-order valence-corrected chi connectivity index (χ4v) is 4.60. The molecule has 1 aliphatic carbocycles. The summed E-state index contributed by atoms with van der Waals surface area (Å²) in [5.74, 6) is 1.03. The number of aliphatic hydroxyl groups is 2. The van der Waals surface area contributed by atoms with Crippen LogP contribution in [-0.4, -0.2) is 77.1 Å². The number of hydrogen-bond donors (Lipinski definition) is 5. The van der Waals surface area contributed by atoms with Crippen LogP contribution in [0.2, 0.25) is 5.28 Å². The van der Waals surface area contributed by atoms with E-state index in [0.717, 1.165) is 19.3 Å². The lowest BCUT2D eigenvalue weighted by atomic mass is 10.1. The second-order valence-corrected chi connectivity index (χ2v) is 9.96. The van der Waals surface area contributed by atoms with E-state index in [1.54, 1.807) is 0 Å². The van der Waals surface area contributed by atoms with E-state index in [4.69, 9.17) is 30.9 Å². The zero-order chi connectivity index (χ0) is 22.3. The van der Waals surface area contributed by atoms with E-state index in [0.29, 0.717) is 22.8 Å². The van der Waals surface area contributed by atoms with Crippen molar-refractivity contribution in [3.63, 3.8) is 0 Å². The molecule has 1 saturated heterocycles. The zero-order valence-corrected chi connectivity index (χ0v) is 18.4. The van der Waals surface area contributed by atoms with Crippen molar-refractivity contribution in [2.45, 2.75) is 56.8 Å². The van der Waals surface area contributed by atoms with Gasteiger partial charge in [0.15, 0.2) is 11.9 Å². The Kier molecular flexibility index (Phi) is 6.53. The van der Waals surface area contributed by atoms with Gasteiger partial charge in [-0.25, -0.2) is 4.68 Å². The molecule has 172 valence electrons. The highest BCUT2D eigenvalue weighted by molar-refractivity contribution is 7.51. The number of aliphatic hydroxyl groups excluding tert-OH is 2. The fraction of sp³-hybridized carbons (Fsp3) is 0.706. The van der Waals surface area contributed by atoms with Gasteiger partial charge in [0.1, 0.15) is 30.5 Å². The Morgan fingerprint density at radius 2 is 2.10 bits per heavy atom. The third kappa shape index (κ3) is 4.86. The van der Waals surface area contributed by atoms with Crippen LogP contribution in [0.25, 0.3) is 11.0 Å². The van der Waals surface area contributed by atoms with Gasteiger partial charge in [0.05, 0.1) is 18.2 Å². The van der Waals surface area contributed by atoms with Gasteiger partial charge in [-0.05, 0) is 30.4 Å². The Morgan fingerprint density at radius 1 is 1.32 bits per heavy atom. The molecule has 1 saturated carbocycles. The van der Waals surface area contributed by atoms with Crippen LogP contribution in [-0.2, 0) is 14.0 Å². The molecule has 6 atom stereocenters. The third-order valence-corrected chi connectivity index (χ3v) is 6.42. The van der Waals surface area contributed by atoms with Crippen LogP contribution in [0.3, 0.4) is 0 Å². The summed E-state index contributed by atoms with van der Waals surface area (Å²) < 4.78 is 22.8. The number of nitrogens with one attached hydrogen (secondary N) is 1. The maximum absolute atomic E-state index is 10.9. The standard InChI is InChI=1S/C17H25ClN5O7P/c1-8-3-2-4-10(8)20-14-9-5-19-23(15(9)22-17(18)21-14)16-13(25)12(24)11(30-16)6-29-7-31(26,27)28/h5,8,10-13,16,24-25H,2-4,6-7H2,1H3,(H,20,21,22)(H2,26,27,28)/t8-,10+,11-,12-,13-,16-/m1/s1. The van der Waals surface area contributed by atoms with Crippen LogP contribution in [0.5, 0.6) is 0 Å². The molecule has 2 fully saturated rings. The predicted molar refractivity (Wildman–Crippen MR) is 110 cm³/mol. The first kappa shape index (κ1) is 22.8. The van der Waals surface area contributed by atoms with Crippen LogP contribution >= 0.6 is 19.2 Å². The Hall–Kier alpha value is -1.37. The quantitative estimate of drug-likeness (QED) is 0.282. The van der Waals surface area contributed by atoms with Crippen molar-refractivity contribution in [3.05, 3.63) is 11.5 Å². The summed E-state index contributed by atoms with van der Waals surface area (Å²) in [5.41, 5.74) is 0.321. The minimum Gasteiger partial charge on any atom is -0.387 e. The molecule has 0 unspecified atom stereocenters. The van der Waals surface area contributed by atoms with E-state index in [-0.39, 0.29) is 17.9 Å². The van der Waals surface area contributed by atoms with Crippen LogP contribution < -0.4 is 5.32 Å². The molecule has 0 radical (unpaired) electrons. The molecule has 31 heavy (non-hydrogen) atoms. The largest absolute Gasteiger partial charge is 0.387 e. The van der Waals surface area contributed by atoms with Crippen LogP contribution in [0, 0.1) is 5.92 Å². The van der Waals surface area contributed by atoms with Gasteiger partial charge in [-0.15, -0.1) is 0 Å². The summed E-state index contributed by atoms with van der Waals surface area (Å²) in [6, 6.07) is 0.253. The predicted octanol–water partition coefficient (Wildman–Crippen LogP) is 0.851. The zero-order valence-electron chi connectivity index (χ0n) is 16.7. The maximum Gasteiger partial charge on any atom is 0.350 e. The molecule has 3 heterocycles. The molecule has 5 N–H and O–H groups in total. The first-order valence-electron chi connectivity index (χ1n) is 9.95. The molecule has 0 bridgehead atoms. The van der Waals surface area contributed by atoms with Crippen LogP contribution in [0.15, 0.2) is 6.20 Å². The molecule has 0 spiro atoms. The molecule has 14 heteroatoms. The number of anilines is 1. The smallest absolute Gasteiger partial charge is 0.350 e. The molecule has 0 amide bonds. The minimum absolute atomic E-state index is 0.00281. The lowest BCUT2D eigenvalue weighted by Crippen LogP contribution is -2.34. The van der Waals surface area contributed by atoms with E-state index in [9.17, 15) is 14.8 Å². The van der Waals surface area contributed by atoms with Gasteiger partial charge in [0.25, 0.3) is 0 Å². The number of hydrogen-bond acceptors (Lipinski definition) is 9. The Morgan fingerprint density at radius 3 is 2.77 bits per heavy atom. The summed E-state index contributed by atoms with van der Waals surface area (Å²) in [6.07, 6.45) is -0.834. The SMILES string of the molecule is C[C@@H]1CCC[C@@H]1Nc1nc(Cl)nc2c1cnn2[C@@H]1O[C@H](COCP(=O)(O)O)[C@@H](O)[C@H]1O. The van der Waals surface area contributed by atoms with Gasteiger partial charge >= 0.3 is 7.60 Å². The highest BCUT2D eigenvalue weighted by Gasteiger charge is 2.45. The summed E-state index contributed by atoms with van der Waals surface area (Å²) in [6.45, 7) is 1.86. The Labute approximate surface area is 182 Å². The van der Waals surface area contributed by atoms with E-state index >= 15 is 0 Å². The van der Waals surface area contributed by atoms with Crippen LogP contribution in [0.1, 0.15) is 32.4 Å². The van der Waals surface area contributed by atoms with E-state index < -0.39 is 38.5 Å². The molecule has 2 aliphatic rings. The van der Waals surface area contributed by atoms with Crippen molar-refractivity contribution in [1.29, 1.82) is 0 Å². The van der Waals surface area contributed by atoms with E-state index in [2.05, 4.69) is 27.3 Å². The molecule has 4 rings (SSSR count). The van der Waals surface area contributed by atoms with Gasteiger partial charge in [0.2, 0.25) is 5.28 Å². The molecule has 2 aromatic rings. The molecular formula is C17H25ClN5O7P. The van der Waals surface area contributed by atoms with Crippen molar-refractivity contribution in [2.75, 3.05) is 18.3 Å². The Bertz CT molecular complexity index is 987. The average molecular weight is 478 g/mol. The molecule has 0 aromatic carbocycles. The van der Waals surface area contributed by atoms with Gasteiger partial charge in [-0.1, -0.05) is 13.3 Å². The maximum atomic E-state index is 10.9. The van der Waals surface area contributed by atoms with Gasteiger partial charge < -0.3 is 34.8 Å². The lowest BCUT2D eigenvalue weighted by Gasteiger charge is -2.19. The topological polar surface area (TPSA) is 172 Å². The number of rotatable bonds is 7. The lowest BCUT2D eigenvalue weighted by molar-refractivity contribution is -0.0658. The summed E-state index contributed by atoms with van der Waals surface area (Å²) in [7, 11) is -4.36. The normalized spacial score (nSPS) is 31.5. The highest BCUT2D eigenvalue weighted by Crippen LogP contribution is 2.36. The molecule has 2 aromatic heterocycles. The fourth-order valence-electron chi connectivity index (χ4n) is 4.09. The van der Waals surface area contributed by atoms with Gasteiger partial charge in [0, 0.05) is 6.04 Å². The van der Waals surface area contributed by atoms with Crippen molar-refractivity contribution in [3.8, 4) is 0 Å². The summed E-state index contributed by atoms with van der Waals surface area (Å²) >= 11 is 6.14. The first-order valence-corrected chi connectivity index (χ1v) is 12.1. The van der Waals surface area contributed by atoms with Crippen LogP contribution in [0.4, 0.5) is 5.82 Å². The number of ether oxygens (including phenoxy) is 2. The van der Waals surface area contributed by atoms with Gasteiger partial charge in [-0.3, -0.25) is 4.57 Å². The number of halogens is 1. The first-order chi connectivity index (χ1) is 14.6. The average Bonchev–Trinajstić information content (AvgIpc) is 3.35. The number of aromatic nitrogens is 4. The third-order valence-electron chi connectivity index (χ3n) is 5.73. The second kappa shape index (κ2) is 8.87. The van der Waals surface area contributed by atoms with Crippen molar-refractivity contribution in [1.82, 2.24) is 19.7 Å². The van der Waals surface area contributed by atoms with Crippen molar-refractivity contribution < 1.29 is 34.0 Å². The second-order valence-electron chi connectivity index (χ2n) is 8.04. The van der Waals surface area contributed by atoms with Crippen molar-refractivity contribution in [2.24, 2.45) is 5.92 Å². The Balaban J connectivity index is 1.56. The van der Waals surface area contributed by atoms with E-state index in [1.807, 2.05) is 0 Å².